The normalized spacial score (nSPS) is 10.9. The first kappa shape index (κ1) is 12.5. The molecule has 0 aliphatic heterocycles. The molecule has 0 amide bonds. The van der Waals surface area contributed by atoms with Crippen molar-refractivity contribution in [2.45, 2.75) is 20.8 Å². The van der Waals surface area contributed by atoms with E-state index >= 15 is 0 Å². The fourth-order valence-electron chi connectivity index (χ4n) is 2.35. The average molecular weight is 265 g/mol. The van der Waals surface area contributed by atoms with Crippen molar-refractivity contribution in [3.05, 3.63) is 63.8 Å². The number of aromatic nitrogens is 3. The monoisotopic (exact) mass is 265 g/mol. The van der Waals surface area contributed by atoms with Crippen molar-refractivity contribution in [2.75, 3.05) is 0 Å². The van der Waals surface area contributed by atoms with E-state index in [1.807, 2.05) is 51.1 Å². The molecule has 0 fully saturated rings. The van der Waals surface area contributed by atoms with E-state index in [-0.39, 0.29) is 5.56 Å². The van der Waals surface area contributed by atoms with E-state index in [4.69, 9.17) is 0 Å². The molecule has 4 heteroatoms. The smallest absolute Gasteiger partial charge is 0.267 e. The lowest BCUT2D eigenvalue weighted by Gasteiger charge is -2.08. The maximum Gasteiger partial charge on any atom is 0.267 e. The topological polar surface area (TPSA) is 47.8 Å². The van der Waals surface area contributed by atoms with Crippen molar-refractivity contribution in [3.8, 4) is 5.69 Å². The van der Waals surface area contributed by atoms with Crippen LogP contribution in [-0.4, -0.2) is 14.5 Å². The lowest BCUT2D eigenvalue weighted by Crippen LogP contribution is -2.20. The number of hydrogen-bond donors (Lipinski definition) is 0. The minimum atomic E-state index is -0.0798. The minimum Gasteiger partial charge on any atom is -0.268 e. The lowest BCUT2D eigenvalue weighted by atomic mass is 10.1. The molecular formula is C16H15N3O. The van der Waals surface area contributed by atoms with E-state index in [2.05, 4.69) is 9.97 Å². The minimum absolute atomic E-state index is 0.0798. The molecule has 0 atom stereocenters. The third-order valence-corrected chi connectivity index (χ3v) is 3.37. The van der Waals surface area contributed by atoms with Gasteiger partial charge in [-0.3, -0.25) is 9.36 Å². The van der Waals surface area contributed by atoms with E-state index in [0.29, 0.717) is 11.0 Å². The molecule has 2 heterocycles. The molecule has 0 spiro atoms. The van der Waals surface area contributed by atoms with Gasteiger partial charge in [-0.15, -0.1) is 0 Å². The fourth-order valence-corrected chi connectivity index (χ4v) is 2.35. The molecular weight excluding hydrogens is 250 g/mol. The zero-order valence-corrected chi connectivity index (χ0v) is 11.7. The van der Waals surface area contributed by atoms with Crippen molar-refractivity contribution in [1.29, 1.82) is 0 Å². The summed E-state index contributed by atoms with van der Waals surface area (Å²) in [6.45, 7) is 5.83. The zero-order chi connectivity index (χ0) is 14.3. The van der Waals surface area contributed by atoms with Crippen LogP contribution in [0.1, 0.15) is 16.8 Å². The lowest BCUT2D eigenvalue weighted by molar-refractivity contribution is 0.950. The summed E-state index contributed by atoms with van der Waals surface area (Å²) in [6.07, 6.45) is 1.54. The summed E-state index contributed by atoms with van der Waals surface area (Å²) in [5, 5.41) is 0.582. The highest BCUT2D eigenvalue weighted by Gasteiger charge is 2.09. The highest BCUT2D eigenvalue weighted by Crippen LogP contribution is 2.13. The average Bonchev–Trinajstić information content (AvgIpc) is 2.39. The van der Waals surface area contributed by atoms with Crippen molar-refractivity contribution >= 4 is 11.0 Å². The van der Waals surface area contributed by atoms with Crippen LogP contribution >= 0.6 is 0 Å². The quantitative estimate of drug-likeness (QED) is 0.679. The molecule has 0 saturated carbocycles. The predicted molar refractivity (Wildman–Crippen MR) is 79.3 cm³/mol. The predicted octanol–water partition coefficient (Wildman–Crippen LogP) is 2.71. The summed E-state index contributed by atoms with van der Waals surface area (Å²) in [5.74, 6) is 0. The standard InChI is InChI=1S/C16H15N3O/c1-10-4-6-13(7-5-10)19-9-17-15-14(16(19)20)11(2)8-12(3)18-15/h4-9H,1-3H3. The maximum atomic E-state index is 12.6. The number of nitrogens with zero attached hydrogens (tertiary/aromatic N) is 3. The molecule has 0 unspecified atom stereocenters. The Labute approximate surface area is 116 Å². The Morgan fingerprint density at radius 1 is 1.05 bits per heavy atom. The van der Waals surface area contributed by atoms with Crippen LogP contribution in [0.4, 0.5) is 0 Å². The second-order valence-electron chi connectivity index (χ2n) is 5.03. The summed E-state index contributed by atoms with van der Waals surface area (Å²) in [6, 6.07) is 9.70. The summed E-state index contributed by atoms with van der Waals surface area (Å²) in [5.41, 5.74) is 4.18. The first-order valence-corrected chi connectivity index (χ1v) is 6.49. The molecule has 0 aliphatic carbocycles. The van der Waals surface area contributed by atoms with Crippen molar-refractivity contribution in [2.24, 2.45) is 0 Å². The zero-order valence-electron chi connectivity index (χ0n) is 11.7. The fraction of sp³-hybridized carbons (Fsp3) is 0.188. The first-order chi connectivity index (χ1) is 9.56. The van der Waals surface area contributed by atoms with Gasteiger partial charge in [0.25, 0.3) is 5.56 Å². The number of hydrogen-bond acceptors (Lipinski definition) is 3. The molecule has 0 N–H and O–H groups in total. The highest BCUT2D eigenvalue weighted by molar-refractivity contribution is 5.77. The van der Waals surface area contributed by atoms with Gasteiger partial charge < -0.3 is 0 Å². The van der Waals surface area contributed by atoms with Gasteiger partial charge in [0, 0.05) is 5.69 Å². The second kappa shape index (κ2) is 4.56. The van der Waals surface area contributed by atoms with Crippen LogP contribution < -0.4 is 5.56 Å². The van der Waals surface area contributed by atoms with E-state index in [1.165, 1.54) is 0 Å². The maximum absolute atomic E-state index is 12.6. The third kappa shape index (κ3) is 1.99. The Kier molecular flexibility index (Phi) is 2.86. The molecule has 0 radical (unpaired) electrons. The SMILES string of the molecule is Cc1ccc(-n2cnc3nc(C)cc(C)c3c2=O)cc1. The number of rotatable bonds is 1. The first-order valence-electron chi connectivity index (χ1n) is 6.49. The van der Waals surface area contributed by atoms with Gasteiger partial charge in [-0.1, -0.05) is 17.7 Å². The summed E-state index contributed by atoms with van der Waals surface area (Å²) >= 11 is 0. The molecule has 0 saturated heterocycles. The molecule has 3 aromatic rings. The van der Waals surface area contributed by atoms with Crippen molar-refractivity contribution in [1.82, 2.24) is 14.5 Å². The number of benzene rings is 1. The Hall–Kier alpha value is -2.49. The van der Waals surface area contributed by atoms with Gasteiger partial charge in [-0.05, 0) is 44.5 Å². The number of fused-ring (bicyclic) bond motifs is 1. The van der Waals surface area contributed by atoms with Crippen LogP contribution in [0.3, 0.4) is 0 Å². The second-order valence-corrected chi connectivity index (χ2v) is 5.03. The van der Waals surface area contributed by atoms with Crippen LogP contribution in [0, 0.1) is 20.8 Å². The number of aryl methyl sites for hydroxylation is 3. The Morgan fingerprint density at radius 3 is 2.45 bits per heavy atom. The van der Waals surface area contributed by atoms with E-state index in [9.17, 15) is 4.79 Å². The molecule has 1 aromatic carbocycles. The molecule has 100 valence electrons. The van der Waals surface area contributed by atoms with E-state index < -0.39 is 0 Å². The largest absolute Gasteiger partial charge is 0.268 e. The third-order valence-electron chi connectivity index (χ3n) is 3.37. The number of pyridine rings is 1. The Bertz CT molecular complexity index is 848. The van der Waals surface area contributed by atoms with Crippen LogP contribution in [0.5, 0.6) is 0 Å². The van der Waals surface area contributed by atoms with Gasteiger partial charge in [0.05, 0.1) is 11.1 Å². The highest BCUT2D eigenvalue weighted by atomic mass is 16.1. The van der Waals surface area contributed by atoms with Gasteiger partial charge in [-0.2, -0.15) is 0 Å². The van der Waals surface area contributed by atoms with Crippen molar-refractivity contribution in [3.63, 3.8) is 0 Å². The Balaban J connectivity index is 2.31. The van der Waals surface area contributed by atoms with Crippen LogP contribution in [0.15, 0.2) is 41.5 Å². The van der Waals surface area contributed by atoms with E-state index in [0.717, 1.165) is 22.5 Å². The van der Waals surface area contributed by atoms with Gasteiger partial charge >= 0.3 is 0 Å². The summed E-state index contributed by atoms with van der Waals surface area (Å²) in [4.78, 5) is 21.3. The molecule has 4 nitrogen and oxygen atoms in total. The van der Waals surface area contributed by atoms with E-state index in [1.54, 1.807) is 10.9 Å². The van der Waals surface area contributed by atoms with Gasteiger partial charge in [0.1, 0.15) is 6.33 Å². The molecule has 2 aromatic heterocycles. The Morgan fingerprint density at radius 2 is 1.75 bits per heavy atom. The molecule has 3 rings (SSSR count). The van der Waals surface area contributed by atoms with Gasteiger partial charge in [0.15, 0.2) is 5.65 Å². The molecule has 0 bridgehead atoms. The molecule has 20 heavy (non-hydrogen) atoms. The van der Waals surface area contributed by atoms with Gasteiger partial charge in [0.2, 0.25) is 0 Å². The molecule has 0 aliphatic rings. The van der Waals surface area contributed by atoms with Gasteiger partial charge in [-0.25, -0.2) is 9.97 Å². The summed E-state index contributed by atoms with van der Waals surface area (Å²) < 4.78 is 1.56. The summed E-state index contributed by atoms with van der Waals surface area (Å²) in [7, 11) is 0. The van der Waals surface area contributed by atoms with Crippen LogP contribution in [0.2, 0.25) is 0 Å². The van der Waals surface area contributed by atoms with Crippen LogP contribution in [0.25, 0.3) is 16.7 Å². The van der Waals surface area contributed by atoms with Crippen LogP contribution in [-0.2, 0) is 0 Å². The van der Waals surface area contributed by atoms with Crippen molar-refractivity contribution < 1.29 is 0 Å².